The standard InChI is InChI=1S/C24H26F3NO4/c1-4-20(31-19-11-7-16(14(2)13-19)8-12-21(29)30)22-15(3)28-23(32-22)17-5-9-18(10-6-17)24(25,26)27/h5-7,9-11,13,20,23,28H,4,8,12H2,1-3H3,(H,29,30). The number of alkyl halides is 3. The second-order valence-electron chi connectivity index (χ2n) is 7.75. The second-order valence-corrected chi connectivity index (χ2v) is 7.75. The molecular weight excluding hydrogens is 423 g/mol. The number of halogens is 3. The van der Waals surface area contributed by atoms with Crippen molar-refractivity contribution in [2.24, 2.45) is 0 Å². The number of hydrogen-bond donors (Lipinski definition) is 2. The number of benzene rings is 2. The molecule has 1 aliphatic heterocycles. The first-order chi connectivity index (χ1) is 15.1. The molecule has 0 bridgehead atoms. The Kier molecular flexibility index (Phi) is 7.01. The number of ether oxygens (including phenoxy) is 2. The van der Waals surface area contributed by atoms with Crippen LogP contribution in [0.3, 0.4) is 0 Å². The molecule has 0 saturated carbocycles. The number of aryl methyl sites for hydroxylation is 2. The molecule has 0 amide bonds. The molecule has 1 heterocycles. The lowest BCUT2D eigenvalue weighted by Crippen LogP contribution is -2.20. The molecule has 0 fully saturated rings. The van der Waals surface area contributed by atoms with Gasteiger partial charge in [-0.3, -0.25) is 4.79 Å². The summed E-state index contributed by atoms with van der Waals surface area (Å²) in [6.07, 6.45) is -4.23. The molecule has 0 aliphatic carbocycles. The molecular formula is C24H26F3NO4. The predicted molar refractivity (Wildman–Crippen MR) is 113 cm³/mol. The molecule has 2 unspecified atom stereocenters. The Morgan fingerprint density at radius 3 is 2.44 bits per heavy atom. The molecule has 2 aromatic rings. The molecule has 8 heteroatoms. The van der Waals surface area contributed by atoms with E-state index in [1.54, 1.807) is 6.07 Å². The average molecular weight is 449 g/mol. The van der Waals surface area contributed by atoms with Crippen molar-refractivity contribution in [1.29, 1.82) is 0 Å². The van der Waals surface area contributed by atoms with E-state index in [2.05, 4.69) is 5.32 Å². The zero-order valence-corrected chi connectivity index (χ0v) is 18.1. The fourth-order valence-corrected chi connectivity index (χ4v) is 3.58. The molecule has 172 valence electrons. The minimum atomic E-state index is -4.38. The van der Waals surface area contributed by atoms with Crippen LogP contribution in [0.15, 0.2) is 53.9 Å². The van der Waals surface area contributed by atoms with E-state index in [1.165, 1.54) is 12.1 Å². The highest BCUT2D eigenvalue weighted by atomic mass is 19.4. The van der Waals surface area contributed by atoms with Gasteiger partial charge in [-0.25, -0.2) is 0 Å². The Balaban J connectivity index is 1.69. The minimum absolute atomic E-state index is 0.0650. The molecule has 0 aromatic heterocycles. The lowest BCUT2D eigenvalue weighted by molar-refractivity contribution is -0.138. The Labute approximate surface area is 184 Å². The monoisotopic (exact) mass is 449 g/mol. The summed E-state index contributed by atoms with van der Waals surface area (Å²) in [4.78, 5) is 10.8. The summed E-state index contributed by atoms with van der Waals surface area (Å²) >= 11 is 0. The molecule has 32 heavy (non-hydrogen) atoms. The summed E-state index contributed by atoms with van der Waals surface area (Å²) in [7, 11) is 0. The number of aliphatic carboxylic acids is 1. The highest BCUT2D eigenvalue weighted by Crippen LogP contribution is 2.34. The van der Waals surface area contributed by atoms with Crippen LogP contribution < -0.4 is 10.1 Å². The van der Waals surface area contributed by atoms with Crippen LogP contribution in [0, 0.1) is 6.92 Å². The van der Waals surface area contributed by atoms with Crippen molar-refractivity contribution in [2.45, 2.75) is 58.5 Å². The normalized spacial score (nSPS) is 17.0. The zero-order valence-electron chi connectivity index (χ0n) is 18.1. The van der Waals surface area contributed by atoms with E-state index in [1.807, 2.05) is 32.9 Å². The molecule has 3 rings (SSSR count). The quantitative estimate of drug-likeness (QED) is 0.538. The van der Waals surface area contributed by atoms with Gasteiger partial charge in [0.15, 0.2) is 18.1 Å². The summed E-state index contributed by atoms with van der Waals surface area (Å²) in [5, 5.41) is 12.0. The molecule has 2 N–H and O–H groups in total. The molecule has 1 aliphatic rings. The molecule has 2 atom stereocenters. The lowest BCUT2D eigenvalue weighted by atomic mass is 10.0. The maximum Gasteiger partial charge on any atom is 0.416 e. The largest absolute Gasteiger partial charge is 0.482 e. The molecule has 2 aromatic carbocycles. The summed E-state index contributed by atoms with van der Waals surface area (Å²) in [5.74, 6) is 0.395. The van der Waals surface area contributed by atoms with Gasteiger partial charge in [-0.1, -0.05) is 25.1 Å². The van der Waals surface area contributed by atoms with E-state index >= 15 is 0 Å². The third-order valence-corrected chi connectivity index (χ3v) is 5.37. The van der Waals surface area contributed by atoms with Crippen molar-refractivity contribution >= 4 is 5.97 Å². The number of carbonyl (C=O) groups is 1. The topological polar surface area (TPSA) is 67.8 Å². The fraction of sp³-hybridized carbons (Fsp3) is 0.375. The van der Waals surface area contributed by atoms with E-state index in [0.717, 1.165) is 29.0 Å². The van der Waals surface area contributed by atoms with Crippen LogP contribution in [-0.4, -0.2) is 17.2 Å². The number of rotatable bonds is 8. The van der Waals surface area contributed by atoms with E-state index in [4.69, 9.17) is 14.6 Å². The van der Waals surface area contributed by atoms with Crippen LogP contribution in [0.2, 0.25) is 0 Å². The highest BCUT2D eigenvalue weighted by Gasteiger charge is 2.32. The third-order valence-electron chi connectivity index (χ3n) is 5.37. The van der Waals surface area contributed by atoms with Crippen LogP contribution >= 0.6 is 0 Å². The fourth-order valence-electron chi connectivity index (χ4n) is 3.58. The van der Waals surface area contributed by atoms with Gasteiger partial charge in [0, 0.05) is 12.0 Å². The summed E-state index contributed by atoms with van der Waals surface area (Å²) in [6.45, 7) is 5.70. The van der Waals surface area contributed by atoms with E-state index in [9.17, 15) is 18.0 Å². The van der Waals surface area contributed by atoms with Crippen LogP contribution in [0.5, 0.6) is 5.75 Å². The van der Waals surface area contributed by atoms with Crippen molar-refractivity contribution < 1.29 is 32.5 Å². The number of nitrogens with one attached hydrogen (secondary N) is 1. The van der Waals surface area contributed by atoms with Crippen molar-refractivity contribution in [3.8, 4) is 5.75 Å². The highest BCUT2D eigenvalue weighted by molar-refractivity contribution is 5.67. The molecule has 0 radical (unpaired) electrons. The van der Waals surface area contributed by atoms with E-state index in [-0.39, 0.29) is 12.5 Å². The maximum absolute atomic E-state index is 12.8. The van der Waals surface area contributed by atoms with Crippen LogP contribution in [0.25, 0.3) is 0 Å². The molecule has 5 nitrogen and oxygen atoms in total. The Morgan fingerprint density at radius 2 is 1.88 bits per heavy atom. The van der Waals surface area contributed by atoms with Gasteiger partial charge < -0.3 is 19.9 Å². The van der Waals surface area contributed by atoms with Gasteiger partial charge >= 0.3 is 12.1 Å². The summed E-state index contributed by atoms with van der Waals surface area (Å²) in [6, 6.07) is 10.4. The lowest BCUT2D eigenvalue weighted by Gasteiger charge is -2.21. The third kappa shape index (κ3) is 5.55. The van der Waals surface area contributed by atoms with Gasteiger partial charge in [0.05, 0.1) is 11.3 Å². The van der Waals surface area contributed by atoms with Crippen molar-refractivity contribution in [3.05, 3.63) is 76.2 Å². The molecule has 0 saturated heterocycles. The maximum atomic E-state index is 12.8. The van der Waals surface area contributed by atoms with Crippen molar-refractivity contribution in [3.63, 3.8) is 0 Å². The van der Waals surface area contributed by atoms with Gasteiger partial charge in [0.2, 0.25) is 0 Å². The SMILES string of the molecule is CCC(Oc1ccc(CCC(=O)O)c(C)c1)C1=C(C)NC(c2ccc(C(F)(F)F)cc2)O1. The van der Waals surface area contributed by atoms with Crippen LogP contribution in [0.4, 0.5) is 13.2 Å². The van der Waals surface area contributed by atoms with Gasteiger partial charge in [0.1, 0.15) is 5.75 Å². The van der Waals surface area contributed by atoms with Crippen molar-refractivity contribution in [1.82, 2.24) is 5.32 Å². The van der Waals surface area contributed by atoms with E-state index in [0.29, 0.717) is 29.9 Å². The zero-order chi connectivity index (χ0) is 23.5. The average Bonchev–Trinajstić information content (AvgIpc) is 3.12. The minimum Gasteiger partial charge on any atom is -0.482 e. The first-order valence-electron chi connectivity index (χ1n) is 10.4. The Morgan fingerprint density at radius 1 is 1.19 bits per heavy atom. The van der Waals surface area contributed by atoms with Crippen LogP contribution in [-0.2, 0) is 22.1 Å². The first-order valence-corrected chi connectivity index (χ1v) is 10.4. The van der Waals surface area contributed by atoms with Gasteiger partial charge in [0.25, 0.3) is 0 Å². The van der Waals surface area contributed by atoms with E-state index < -0.39 is 23.9 Å². The number of allylic oxidation sites excluding steroid dienone is 1. The van der Waals surface area contributed by atoms with Crippen LogP contribution in [0.1, 0.15) is 55.2 Å². The predicted octanol–water partition coefficient (Wildman–Crippen LogP) is 5.74. The number of carboxylic acids is 1. The number of hydrogen-bond acceptors (Lipinski definition) is 4. The van der Waals surface area contributed by atoms with Gasteiger partial charge in [-0.15, -0.1) is 0 Å². The van der Waals surface area contributed by atoms with Gasteiger partial charge in [-0.05, 0) is 62.1 Å². The number of carboxylic acid groups (broad SMARTS) is 1. The Bertz CT molecular complexity index is 999. The second kappa shape index (κ2) is 9.54. The smallest absolute Gasteiger partial charge is 0.416 e. The van der Waals surface area contributed by atoms with Crippen molar-refractivity contribution in [2.75, 3.05) is 0 Å². The summed E-state index contributed by atoms with van der Waals surface area (Å²) in [5.41, 5.74) is 2.53. The first kappa shape index (κ1) is 23.5. The Hall–Kier alpha value is -3.16. The molecule has 0 spiro atoms. The summed E-state index contributed by atoms with van der Waals surface area (Å²) < 4.78 is 50.6. The van der Waals surface area contributed by atoms with Gasteiger partial charge in [-0.2, -0.15) is 13.2 Å².